The first-order chi connectivity index (χ1) is 7.65. The monoisotopic (exact) mass is 286 g/mol. The third kappa shape index (κ3) is 3.03. The average Bonchev–Trinajstić information content (AvgIpc) is 2.24. The highest BCUT2D eigenvalue weighted by molar-refractivity contribution is 9.10. The second kappa shape index (κ2) is 5.25. The van der Waals surface area contributed by atoms with E-state index in [1.807, 2.05) is 6.07 Å². The molecule has 0 aromatic heterocycles. The largest absolute Gasteiger partial charge is 0.312 e. The van der Waals surface area contributed by atoms with Crippen LogP contribution < -0.4 is 5.32 Å². The highest BCUT2D eigenvalue weighted by atomic mass is 79.9. The molecule has 4 heteroatoms. The zero-order valence-corrected chi connectivity index (χ0v) is 10.9. The second-order valence-electron chi connectivity index (χ2n) is 4.33. The van der Waals surface area contributed by atoms with Gasteiger partial charge in [0.15, 0.2) is 0 Å². The molecule has 2 nitrogen and oxygen atoms in total. The molecule has 1 aromatic carbocycles. The minimum atomic E-state index is -0.116. The first kappa shape index (κ1) is 12.0. The molecule has 88 valence electrons. The van der Waals surface area contributed by atoms with Crippen molar-refractivity contribution in [1.82, 2.24) is 10.2 Å². The summed E-state index contributed by atoms with van der Waals surface area (Å²) in [5.41, 5.74) is 0.767. The Balaban J connectivity index is 2.05. The summed E-state index contributed by atoms with van der Waals surface area (Å²) in [7, 11) is 0. The molecule has 1 aromatic rings. The lowest BCUT2D eigenvalue weighted by atomic mass is 10.1. The van der Waals surface area contributed by atoms with Crippen LogP contribution in [0.15, 0.2) is 22.7 Å². The first-order valence-electron chi connectivity index (χ1n) is 5.55. The van der Waals surface area contributed by atoms with E-state index < -0.39 is 0 Å². The Morgan fingerprint density at radius 2 is 2.38 bits per heavy atom. The molecule has 1 aliphatic heterocycles. The van der Waals surface area contributed by atoms with Gasteiger partial charge in [0, 0.05) is 42.3 Å². The molecule has 0 radical (unpaired) electrons. The van der Waals surface area contributed by atoms with Crippen molar-refractivity contribution in [3.8, 4) is 0 Å². The molecule has 0 unspecified atom stereocenters. The van der Waals surface area contributed by atoms with Crippen molar-refractivity contribution in [2.75, 3.05) is 19.6 Å². The average molecular weight is 287 g/mol. The zero-order chi connectivity index (χ0) is 11.5. The lowest BCUT2D eigenvalue weighted by molar-refractivity contribution is 0.197. The van der Waals surface area contributed by atoms with Crippen LogP contribution in [-0.2, 0) is 6.54 Å². The molecule has 1 atom stereocenters. The van der Waals surface area contributed by atoms with Gasteiger partial charge in [-0.1, -0.05) is 15.9 Å². The van der Waals surface area contributed by atoms with Gasteiger partial charge in [-0.3, -0.25) is 4.90 Å². The predicted octanol–water partition coefficient (Wildman–Crippen LogP) is 2.38. The Labute approximate surface area is 104 Å². The minimum Gasteiger partial charge on any atom is -0.312 e. The Kier molecular flexibility index (Phi) is 3.95. The smallest absolute Gasteiger partial charge is 0.127 e. The zero-order valence-electron chi connectivity index (χ0n) is 9.34. The molecule has 1 saturated heterocycles. The van der Waals surface area contributed by atoms with Gasteiger partial charge in [0.1, 0.15) is 5.82 Å². The number of rotatable bonds is 2. The molecule has 1 heterocycles. The van der Waals surface area contributed by atoms with E-state index in [1.165, 1.54) is 6.07 Å². The summed E-state index contributed by atoms with van der Waals surface area (Å²) in [6.07, 6.45) is 0. The quantitative estimate of drug-likeness (QED) is 0.898. The maximum absolute atomic E-state index is 13.6. The number of benzene rings is 1. The van der Waals surface area contributed by atoms with Gasteiger partial charge in [-0.15, -0.1) is 0 Å². The summed E-state index contributed by atoms with van der Waals surface area (Å²) in [4.78, 5) is 2.28. The van der Waals surface area contributed by atoms with Crippen molar-refractivity contribution >= 4 is 15.9 Å². The topological polar surface area (TPSA) is 15.3 Å². The Bertz CT molecular complexity index is 370. The van der Waals surface area contributed by atoms with E-state index in [9.17, 15) is 4.39 Å². The van der Waals surface area contributed by atoms with Crippen LogP contribution in [0.2, 0.25) is 0 Å². The van der Waals surface area contributed by atoms with E-state index >= 15 is 0 Å². The minimum absolute atomic E-state index is 0.116. The summed E-state index contributed by atoms with van der Waals surface area (Å²) in [6.45, 7) is 5.79. The van der Waals surface area contributed by atoms with E-state index in [2.05, 4.69) is 33.1 Å². The molecule has 0 aliphatic carbocycles. The van der Waals surface area contributed by atoms with E-state index in [-0.39, 0.29) is 5.82 Å². The molecule has 1 fully saturated rings. The molecule has 0 saturated carbocycles. The van der Waals surface area contributed by atoms with Gasteiger partial charge in [-0.2, -0.15) is 0 Å². The second-order valence-corrected chi connectivity index (χ2v) is 5.24. The van der Waals surface area contributed by atoms with Gasteiger partial charge in [0.05, 0.1) is 0 Å². The molecule has 0 bridgehead atoms. The standard InChI is InChI=1S/C12H16BrFN2/c1-9-7-16(5-4-15-9)8-10-6-11(13)2-3-12(10)14/h2-3,6,9,15H,4-5,7-8H2,1H3/t9-/m0/s1. The number of nitrogens with one attached hydrogen (secondary N) is 1. The maximum Gasteiger partial charge on any atom is 0.127 e. The third-order valence-corrected chi connectivity index (χ3v) is 3.35. The Hall–Kier alpha value is -0.450. The molecule has 1 aliphatic rings. The fourth-order valence-electron chi connectivity index (χ4n) is 2.06. The van der Waals surface area contributed by atoms with Crippen LogP contribution in [0.3, 0.4) is 0 Å². The van der Waals surface area contributed by atoms with Gasteiger partial charge in [0.25, 0.3) is 0 Å². The molecule has 1 N–H and O–H groups in total. The molecular weight excluding hydrogens is 271 g/mol. The molecule has 0 spiro atoms. The molecular formula is C12H16BrFN2. The summed E-state index contributed by atoms with van der Waals surface area (Å²) < 4.78 is 14.5. The molecule has 2 rings (SSSR count). The van der Waals surface area contributed by atoms with Gasteiger partial charge < -0.3 is 5.32 Å². The van der Waals surface area contributed by atoms with Gasteiger partial charge in [0.2, 0.25) is 0 Å². The van der Waals surface area contributed by atoms with Crippen LogP contribution in [0, 0.1) is 5.82 Å². The van der Waals surface area contributed by atoms with Crippen LogP contribution in [0.1, 0.15) is 12.5 Å². The maximum atomic E-state index is 13.6. The summed E-state index contributed by atoms with van der Waals surface area (Å²) in [5.74, 6) is -0.116. The highest BCUT2D eigenvalue weighted by Gasteiger charge is 2.16. The summed E-state index contributed by atoms with van der Waals surface area (Å²) in [5, 5.41) is 3.38. The van der Waals surface area contributed by atoms with Crippen molar-refractivity contribution in [3.63, 3.8) is 0 Å². The van der Waals surface area contributed by atoms with E-state index in [0.717, 1.165) is 29.7 Å². The van der Waals surface area contributed by atoms with Crippen LogP contribution >= 0.6 is 15.9 Å². The molecule has 16 heavy (non-hydrogen) atoms. The fraction of sp³-hybridized carbons (Fsp3) is 0.500. The van der Waals surface area contributed by atoms with Crippen LogP contribution in [0.25, 0.3) is 0 Å². The number of nitrogens with zero attached hydrogens (tertiary/aromatic N) is 1. The lowest BCUT2D eigenvalue weighted by Gasteiger charge is -2.31. The van der Waals surface area contributed by atoms with Crippen molar-refractivity contribution in [1.29, 1.82) is 0 Å². The van der Waals surface area contributed by atoms with E-state index in [1.54, 1.807) is 6.07 Å². The molecule has 0 amide bonds. The Morgan fingerprint density at radius 3 is 3.12 bits per heavy atom. The van der Waals surface area contributed by atoms with Crippen LogP contribution in [0.4, 0.5) is 4.39 Å². The summed E-state index contributed by atoms with van der Waals surface area (Å²) >= 11 is 3.38. The van der Waals surface area contributed by atoms with Gasteiger partial charge >= 0.3 is 0 Å². The van der Waals surface area contributed by atoms with Crippen molar-refractivity contribution in [2.24, 2.45) is 0 Å². The van der Waals surface area contributed by atoms with Gasteiger partial charge in [-0.05, 0) is 25.1 Å². The van der Waals surface area contributed by atoms with E-state index in [4.69, 9.17) is 0 Å². The van der Waals surface area contributed by atoms with Crippen molar-refractivity contribution < 1.29 is 4.39 Å². The fourth-order valence-corrected chi connectivity index (χ4v) is 2.47. The van der Waals surface area contributed by atoms with Gasteiger partial charge in [-0.25, -0.2) is 4.39 Å². The number of hydrogen-bond donors (Lipinski definition) is 1. The number of hydrogen-bond acceptors (Lipinski definition) is 2. The first-order valence-corrected chi connectivity index (χ1v) is 6.34. The van der Waals surface area contributed by atoms with Crippen molar-refractivity contribution in [2.45, 2.75) is 19.5 Å². The van der Waals surface area contributed by atoms with Crippen molar-refractivity contribution in [3.05, 3.63) is 34.1 Å². The third-order valence-electron chi connectivity index (χ3n) is 2.85. The number of halogens is 2. The van der Waals surface area contributed by atoms with Crippen LogP contribution in [0.5, 0.6) is 0 Å². The normalized spacial score (nSPS) is 22.3. The number of piperazine rings is 1. The highest BCUT2D eigenvalue weighted by Crippen LogP contribution is 2.17. The lowest BCUT2D eigenvalue weighted by Crippen LogP contribution is -2.48. The SMILES string of the molecule is C[C@H]1CN(Cc2cc(Br)ccc2F)CCN1. The predicted molar refractivity (Wildman–Crippen MR) is 66.8 cm³/mol. The summed E-state index contributed by atoms with van der Waals surface area (Å²) in [6, 6.07) is 5.61. The Morgan fingerprint density at radius 1 is 1.56 bits per heavy atom. The van der Waals surface area contributed by atoms with E-state index in [0.29, 0.717) is 12.6 Å². The van der Waals surface area contributed by atoms with Crippen LogP contribution in [-0.4, -0.2) is 30.6 Å².